The third kappa shape index (κ3) is 12.5. The topological polar surface area (TPSA) is 58.7 Å². The Bertz CT molecular complexity index is 24.3. The van der Waals surface area contributed by atoms with Crippen LogP contribution in [-0.2, 0) is 0 Å². The van der Waals surface area contributed by atoms with Gasteiger partial charge in [-0.05, 0) is 0 Å². The number of nitrogens with zero attached hydrogens (tertiary/aromatic N) is 3. The van der Waals surface area contributed by atoms with E-state index in [2.05, 4.69) is 0 Å². The van der Waals surface area contributed by atoms with Gasteiger partial charge in [0.05, 0.1) is 0 Å². The number of hydrogen-bond acceptors (Lipinski definition) is 0. The second-order valence-corrected chi connectivity index (χ2v) is 0.0894. The summed E-state index contributed by atoms with van der Waals surface area (Å²) in [4.78, 5) is 1.50. The molecule has 0 fully saturated rings. The van der Waals surface area contributed by atoms with Crippen molar-refractivity contribution in [2.45, 2.75) is 0 Å². The third-order valence-corrected chi connectivity index (χ3v) is 0. The van der Waals surface area contributed by atoms with E-state index >= 15 is 0 Å². The van der Waals surface area contributed by atoms with Crippen molar-refractivity contribution in [2.24, 2.45) is 0 Å². The SMILES string of the molecule is [K+].[N-]=[N+]=[N-]. The molecule has 0 saturated heterocycles. The van der Waals surface area contributed by atoms with Crippen molar-refractivity contribution in [2.75, 3.05) is 0 Å². The van der Waals surface area contributed by atoms with Crippen LogP contribution in [0.1, 0.15) is 0 Å². The van der Waals surface area contributed by atoms with Gasteiger partial charge in [0, 0.05) is 0 Å². The van der Waals surface area contributed by atoms with Crippen LogP contribution in [0.15, 0.2) is 0 Å². The Morgan fingerprint density at radius 2 is 1.25 bits per heavy atom. The fourth-order valence-electron chi connectivity index (χ4n) is 0. The van der Waals surface area contributed by atoms with Crippen LogP contribution in [-0.4, -0.2) is 0 Å². The molecule has 0 aromatic carbocycles. The van der Waals surface area contributed by atoms with Crippen molar-refractivity contribution in [1.29, 1.82) is 0 Å². The van der Waals surface area contributed by atoms with Crippen molar-refractivity contribution in [3.8, 4) is 0 Å². The first-order chi connectivity index (χ1) is 1.41. The Morgan fingerprint density at radius 3 is 1.25 bits per heavy atom. The average Bonchev–Trinajstić information content (AvgIpc) is 0.918. The summed E-state index contributed by atoms with van der Waals surface area (Å²) in [5.41, 5.74) is 13.5. The minimum atomic E-state index is 0. The minimum Gasteiger partial charge on any atom is -0.373 e. The van der Waals surface area contributed by atoms with Gasteiger partial charge in [-0.3, -0.25) is 4.91 Å². The van der Waals surface area contributed by atoms with Crippen molar-refractivity contribution in [3.05, 3.63) is 16.0 Å². The zero-order valence-corrected chi connectivity index (χ0v) is 5.46. The van der Waals surface area contributed by atoms with Gasteiger partial charge in [-0.25, -0.2) is 0 Å². The second kappa shape index (κ2) is 9.04. The van der Waals surface area contributed by atoms with E-state index in [1.54, 1.807) is 0 Å². The van der Waals surface area contributed by atoms with Gasteiger partial charge in [0.25, 0.3) is 0 Å². The maximum Gasteiger partial charge on any atom is 1.00 e. The van der Waals surface area contributed by atoms with E-state index in [0.29, 0.717) is 0 Å². The largest absolute Gasteiger partial charge is 1.00 e. The van der Waals surface area contributed by atoms with Gasteiger partial charge >= 0.3 is 51.4 Å². The molecule has 0 aliphatic rings. The molecule has 0 unspecified atom stereocenters. The van der Waals surface area contributed by atoms with Crippen LogP contribution < -0.4 is 51.4 Å². The predicted octanol–water partition coefficient (Wildman–Crippen LogP) is -2.13. The molecule has 0 N–H and O–H groups in total. The van der Waals surface area contributed by atoms with E-state index < -0.39 is 0 Å². The summed E-state index contributed by atoms with van der Waals surface area (Å²) in [6.45, 7) is 0. The van der Waals surface area contributed by atoms with Crippen LogP contribution >= 0.6 is 0 Å². The van der Waals surface area contributed by atoms with Gasteiger partial charge < -0.3 is 11.1 Å². The van der Waals surface area contributed by atoms with Gasteiger partial charge in [-0.1, -0.05) is 0 Å². The summed E-state index contributed by atoms with van der Waals surface area (Å²) in [7, 11) is 0. The summed E-state index contributed by atoms with van der Waals surface area (Å²) in [5.74, 6) is 0. The smallest absolute Gasteiger partial charge is 0.373 e. The minimum absolute atomic E-state index is 0. The van der Waals surface area contributed by atoms with E-state index in [0.717, 1.165) is 0 Å². The third-order valence-electron chi connectivity index (χ3n) is 0. The summed E-state index contributed by atoms with van der Waals surface area (Å²) in [6, 6.07) is 0. The molecule has 0 saturated carbocycles. The van der Waals surface area contributed by atoms with Gasteiger partial charge in [0.15, 0.2) is 0 Å². The quantitative estimate of drug-likeness (QED) is 0.138. The van der Waals surface area contributed by atoms with E-state index in [1.807, 2.05) is 0 Å². The molecule has 0 amide bonds. The van der Waals surface area contributed by atoms with Crippen LogP contribution in [0, 0.1) is 0 Å². The Morgan fingerprint density at radius 1 is 1.25 bits per heavy atom. The Hall–Kier alpha value is 0.946. The molecule has 16 valence electrons. The van der Waals surface area contributed by atoms with Gasteiger partial charge in [0.2, 0.25) is 0 Å². The molecule has 0 heterocycles. The van der Waals surface area contributed by atoms with Gasteiger partial charge in [0.1, 0.15) is 0 Å². The van der Waals surface area contributed by atoms with E-state index in [1.165, 1.54) is 4.91 Å². The Labute approximate surface area is 66.2 Å². The Kier molecular flexibility index (Phi) is 20.1. The molecule has 0 rings (SSSR count). The fraction of sp³-hybridized carbons (Fsp3) is 0. The standard InChI is InChI=1S/K.N3/c;1-3-2/q+1;-1. The summed E-state index contributed by atoms with van der Waals surface area (Å²) >= 11 is 0. The number of hydrogen-bond donors (Lipinski definition) is 0. The van der Waals surface area contributed by atoms with Gasteiger partial charge in [-0.2, -0.15) is 0 Å². The average molecular weight is 81.1 g/mol. The first-order valence-electron chi connectivity index (χ1n) is 0.400. The zero-order valence-electron chi connectivity index (χ0n) is 2.34. The normalized spacial score (nSPS) is 2.00. The molecular weight excluding hydrogens is 81.1 g/mol. The summed E-state index contributed by atoms with van der Waals surface area (Å²) in [5, 5.41) is 0. The van der Waals surface area contributed by atoms with Crippen LogP contribution in [0.3, 0.4) is 0 Å². The Balaban J connectivity index is 0. The molecule has 0 aromatic heterocycles. The molecule has 0 aliphatic carbocycles. The van der Waals surface area contributed by atoms with Gasteiger partial charge in [-0.15, -0.1) is 0 Å². The summed E-state index contributed by atoms with van der Waals surface area (Å²) < 4.78 is 0. The molecule has 0 atom stereocenters. The van der Waals surface area contributed by atoms with Crippen LogP contribution in [0.5, 0.6) is 0 Å². The maximum atomic E-state index is 6.75. The predicted molar refractivity (Wildman–Crippen MR) is 10.1 cm³/mol. The molecule has 0 aliphatic heterocycles. The van der Waals surface area contributed by atoms with Crippen LogP contribution in [0.4, 0.5) is 0 Å². The molecular formula is KN3. The summed E-state index contributed by atoms with van der Waals surface area (Å²) in [6.07, 6.45) is 0. The number of rotatable bonds is 0. The first kappa shape index (κ1) is 8.87. The molecule has 0 radical (unpaired) electrons. The molecule has 4 heteroatoms. The van der Waals surface area contributed by atoms with Crippen molar-refractivity contribution >= 4 is 0 Å². The molecule has 4 heavy (non-hydrogen) atoms. The van der Waals surface area contributed by atoms with Crippen molar-refractivity contribution in [3.63, 3.8) is 0 Å². The zero-order chi connectivity index (χ0) is 2.71. The molecule has 0 bridgehead atoms. The van der Waals surface area contributed by atoms with E-state index in [-0.39, 0.29) is 51.4 Å². The monoisotopic (exact) mass is 81.0 g/mol. The van der Waals surface area contributed by atoms with Crippen LogP contribution in [0.2, 0.25) is 0 Å². The van der Waals surface area contributed by atoms with Crippen molar-refractivity contribution < 1.29 is 51.4 Å². The van der Waals surface area contributed by atoms with Crippen LogP contribution in [0.25, 0.3) is 16.0 Å². The molecule has 3 nitrogen and oxygen atoms in total. The molecule has 0 aromatic rings. The van der Waals surface area contributed by atoms with Crippen molar-refractivity contribution in [1.82, 2.24) is 0 Å². The first-order valence-corrected chi connectivity index (χ1v) is 0.400. The van der Waals surface area contributed by atoms with E-state index in [9.17, 15) is 0 Å². The second-order valence-electron chi connectivity index (χ2n) is 0.0894. The maximum absolute atomic E-state index is 6.75. The fourth-order valence-corrected chi connectivity index (χ4v) is 0. The van der Waals surface area contributed by atoms with E-state index in [4.69, 9.17) is 11.1 Å². The molecule has 0 spiro atoms.